The Hall–Kier alpha value is -2.68. The Labute approximate surface area is 178 Å². The van der Waals surface area contributed by atoms with Crippen molar-refractivity contribution in [2.45, 2.75) is 19.3 Å². The van der Waals surface area contributed by atoms with Gasteiger partial charge in [0.25, 0.3) is 5.56 Å². The minimum absolute atomic E-state index is 0.344. The summed E-state index contributed by atoms with van der Waals surface area (Å²) in [6.45, 7) is 3.93. The van der Waals surface area contributed by atoms with E-state index in [1.54, 1.807) is 24.5 Å². The topological polar surface area (TPSA) is 93.8 Å². The summed E-state index contributed by atoms with van der Waals surface area (Å²) in [5.41, 5.74) is -0.127. The molecular formula is C19H14Cl2N4O3S. The van der Waals surface area contributed by atoms with Crippen molar-refractivity contribution in [2.24, 2.45) is 0 Å². The number of aromatic amines is 1. The molecule has 0 fully saturated rings. The third-order valence-electron chi connectivity index (χ3n) is 4.42. The smallest absolute Gasteiger partial charge is 0.349 e. The molecule has 7 nitrogen and oxygen atoms in total. The first-order chi connectivity index (χ1) is 13.8. The third-order valence-corrected chi connectivity index (χ3v) is 6.18. The summed E-state index contributed by atoms with van der Waals surface area (Å²) in [7, 11) is 0. The van der Waals surface area contributed by atoms with Crippen LogP contribution in [0.1, 0.15) is 24.4 Å². The number of furan rings is 1. The van der Waals surface area contributed by atoms with Crippen molar-refractivity contribution in [2.75, 3.05) is 0 Å². The number of rotatable bonds is 4. The van der Waals surface area contributed by atoms with Crippen LogP contribution in [0.15, 0.2) is 56.1 Å². The molecule has 0 atom stereocenters. The predicted molar refractivity (Wildman–Crippen MR) is 112 cm³/mol. The average molecular weight is 449 g/mol. The van der Waals surface area contributed by atoms with Gasteiger partial charge in [0.1, 0.15) is 16.9 Å². The van der Waals surface area contributed by atoms with E-state index in [4.69, 9.17) is 27.6 Å². The van der Waals surface area contributed by atoms with Gasteiger partial charge in [0.05, 0.1) is 12.0 Å². The number of benzene rings is 1. The summed E-state index contributed by atoms with van der Waals surface area (Å²) in [5.74, 6) is 0.680. The number of aromatic nitrogens is 4. The molecule has 0 radical (unpaired) electrons. The lowest BCUT2D eigenvalue weighted by Crippen LogP contribution is -2.30. The maximum atomic E-state index is 12.0. The predicted octanol–water partition coefficient (Wildman–Crippen LogP) is 4.27. The molecule has 1 N–H and O–H groups in total. The summed E-state index contributed by atoms with van der Waals surface area (Å²) in [6, 6.07) is 6.81. The molecule has 3 aromatic heterocycles. The maximum absolute atomic E-state index is 12.0. The number of H-pyrrole nitrogens is 1. The highest BCUT2D eigenvalue weighted by molar-refractivity contribution is 7.10. The molecule has 0 spiro atoms. The molecule has 4 aromatic rings. The van der Waals surface area contributed by atoms with E-state index in [0.717, 1.165) is 21.6 Å². The molecule has 0 bridgehead atoms. The molecule has 4 rings (SSSR count). The standard InChI is InChI=1S/C19H14Cl2N4O3S/c1-19(2,17-23-13(9-29-17)14-4-3-5-28-14)16-11(20)6-10(7-12(16)21)25-18(27)24-15(26)8-22-25/h3-9H,1-2H3,(H,24,26,27). The Morgan fingerprint density at radius 3 is 2.55 bits per heavy atom. The molecule has 148 valence electrons. The number of halogens is 2. The van der Waals surface area contributed by atoms with Crippen LogP contribution in [0.3, 0.4) is 0 Å². The van der Waals surface area contributed by atoms with Gasteiger partial charge in [-0.05, 0) is 38.1 Å². The van der Waals surface area contributed by atoms with Crippen LogP contribution in [-0.2, 0) is 5.41 Å². The van der Waals surface area contributed by atoms with E-state index in [0.29, 0.717) is 27.1 Å². The first-order valence-electron chi connectivity index (χ1n) is 8.46. The van der Waals surface area contributed by atoms with Gasteiger partial charge in [-0.3, -0.25) is 9.78 Å². The number of hydrogen-bond donors (Lipinski definition) is 1. The van der Waals surface area contributed by atoms with Crippen LogP contribution in [0.4, 0.5) is 0 Å². The van der Waals surface area contributed by atoms with E-state index in [1.807, 2.05) is 25.3 Å². The van der Waals surface area contributed by atoms with Crippen LogP contribution in [0, 0.1) is 0 Å². The molecule has 10 heteroatoms. The van der Waals surface area contributed by atoms with E-state index in [2.05, 4.69) is 15.1 Å². The summed E-state index contributed by atoms with van der Waals surface area (Å²) in [6.07, 6.45) is 2.60. The second-order valence-corrected chi connectivity index (χ2v) is 8.45. The molecular weight excluding hydrogens is 435 g/mol. The van der Waals surface area contributed by atoms with Crippen molar-refractivity contribution in [1.29, 1.82) is 0 Å². The average Bonchev–Trinajstić information content (AvgIpc) is 3.32. The monoisotopic (exact) mass is 448 g/mol. The van der Waals surface area contributed by atoms with Crippen LogP contribution in [0.5, 0.6) is 0 Å². The molecule has 1 aromatic carbocycles. The molecule has 0 saturated carbocycles. The van der Waals surface area contributed by atoms with E-state index in [9.17, 15) is 9.59 Å². The van der Waals surface area contributed by atoms with Crippen molar-refractivity contribution in [3.8, 4) is 17.1 Å². The lowest BCUT2D eigenvalue weighted by atomic mass is 9.85. The van der Waals surface area contributed by atoms with Crippen molar-refractivity contribution >= 4 is 34.5 Å². The van der Waals surface area contributed by atoms with E-state index < -0.39 is 16.7 Å². The second kappa shape index (κ2) is 7.29. The minimum Gasteiger partial charge on any atom is -0.463 e. The summed E-state index contributed by atoms with van der Waals surface area (Å²) in [4.78, 5) is 30.1. The summed E-state index contributed by atoms with van der Waals surface area (Å²) >= 11 is 14.6. The normalized spacial score (nSPS) is 11.7. The van der Waals surface area contributed by atoms with Crippen LogP contribution in [0.2, 0.25) is 10.0 Å². The van der Waals surface area contributed by atoms with Gasteiger partial charge in [-0.25, -0.2) is 9.78 Å². The molecule has 3 heterocycles. The first kappa shape index (κ1) is 19.6. The van der Waals surface area contributed by atoms with Crippen molar-refractivity contribution < 1.29 is 4.42 Å². The van der Waals surface area contributed by atoms with Crippen LogP contribution >= 0.6 is 34.5 Å². The van der Waals surface area contributed by atoms with Crippen LogP contribution in [-0.4, -0.2) is 19.7 Å². The van der Waals surface area contributed by atoms with Gasteiger partial charge in [0.2, 0.25) is 0 Å². The van der Waals surface area contributed by atoms with E-state index in [-0.39, 0.29) is 0 Å². The lowest BCUT2D eigenvalue weighted by Gasteiger charge is -2.25. The third kappa shape index (κ3) is 3.55. The van der Waals surface area contributed by atoms with Crippen LogP contribution in [0.25, 0.3) is 17.1 Å². The fraction of sp³-hybridized carbons (Fsp3) is 0.158. The fourth-order valence-corrected chi connectivity index (χ4v) is 4.91. The largest absolute Gasteiger partial charge is 0.463 e. The second-order valence-electron chi connectivity index (χ2n) is 6.78. The van der Waals surface area contributed by atoms with Gasteiger partial charge in [0.15, 0.2) is 5.76 Å². The zero-order chi connectivity index (χ0) is 20.8. The van der Waals surface area contributed by atoms with Gasteiger partial charge < -0.3 is 4.42 Å². The first-order valence-corrected chi connectivity index (χ1v) is 10.1. The Bertz CT molecular complexity index is 1280. The van der Waals surface area contributed by atoms with Gasteiger partial charge >= 0.3 is 5.69 Å². The van der Waals surface area contributed by atoms with Gasteiger partial charge in [-0.2, -0.15) is 9.78 Å². The molecule has 0 amide bonds. The SMILES string of the molecule is CC(C)(c1nc(-c2ccco2)cs1)c1c(Cl)cc(-n2ncc(=O)[nH]c2=O)cc1Cl. The lowest BCUT2D eigenvalue weighted by molar-refractivity contribution is 0.578. The molecule has 0 saturated heterocycles. The maximum Gasteiger partial charge on any atom is 0.349 e. The highest BCUT2D eigenvalue weighted by Crippen LogP contribution is 2.43. The number of hydrogen-bond acceptors (Lipinski definition) is 6. The number of nitrogens with one attached hydrogen (secondary N) is 1. The zero-order valence-corrected chi connectivity index (χ0v) is 17.6. The Morgan fingerprint density at radius 1 is 1.21 bits per heavy atom. The van der Waals surface area contributed by atoms with Gasteiger partial charge in [-0.1, -0.05) is 23.2 Å². The highest BCUT2D eigenvalue weighted by Gasteiger charge is 2.32. The van der Waals surface area contributed by atoms with Crippen molar-refractivity contribution in [3.05, 3.63) is 83.6 Å². The van der Waals surface area contributed by atoms with Crippen LogP contribution < -0.4 is 11.2 Å². The van der Waals surface area contributed by atoms with E-state index >= 15 is 0 Å². The Kier molecular flexibility index (Phi) is 4.94. The molecule has 29 heavy (non-hydrogen) atoms. The van der Waals surface area contributed by atoms with E-state index in [1.165, 1.54) is 11.3 Å². The molecule has 0 aliphatic heterocycles. The van der Waals surface area contributed by atoms with Gasteiger partial charge in [-0.15, -0.1) is 11.3 Å². The molecule has 0 unspecified atom stereocenters. The summed E-state index contributed by atoms with van der Waals surface area (Å²) in [5, 5.41) is 7.26. The fourth-order valence-electron chi connectivity index (χ4n) is 3.02. The molecule has 0 aliphatic carbocycles. The zero-order valence-electron chi connectivity index (χ0n) is 15.3. The van der Waals surface area contributed by atoms with Gasteiger partial charge in [0, 0.05) is 26.4 Å². The Morgan fingerprint density at radius 2 is 1.93 bits per heavy atom. The van der Waals surface area contributed by atoms with Crippen molar-refractivity contribution in [3.63, 3.8) is 0 Å². The summed E-state index contributed by atoms with van der Waals surface area (Å²) < 4.78 is 6.43. The molecule has 0 aliphatic rings. The number of nitrogens with zero attached hydrogens (tertiary/aromatic N) is 3. The number of thiazole rings is 1. The Balaban J connectivity index is 1.78. The minimum atomic E-state index is -0.681. The quantitative estimate of drug-likeness (QED) is 0.502. The highest BCUT2D eigenvalue weighted by atomic mass is 35.5. The van der Waals surface area contributed by atoms with Crippen molar-refractivity contribution in [1.82, 2.24) is 19.7 Å².